The maximum Gasteiger partial charge on any atom is 0.243 e. The van der Waals surface area contributed by atoms with Crippen molar-refractivity contribution < 1.29 is 22.3 Å². The van der Waals surface area contributed by atoms with Crippen molar-refractivity contribution in [2.45, 2.75) is 31.0 Å². The second kappa shape index (κ2) is 7.26. The Morgan fingerprint density at radius 2 is 1.85 bits per heavy atom. The molecule has 2 aromatic carbocycles. The summed E-state index contributed by atoms with van der Waals surface area (Å²) in [6.07, 6.45) is -0.797. The number of rotatable bonds is 4. The van der Waals surface area contributed by atoms with Crippen molar-refractivity contribution in [3.63, 3.8) is 0 Å². The van der Waals surface area contributed by atoms with E-state index in [1.807, 2.05) is 0 Å². The van der Waals surface area contributed by atoms with E-state index in [0.717, 1.165) is 5.56 Å². The fourth-order valence-electron chi connectivity index (χ4n) is 3.00. The van der Waals surface area contributed by atoms with Crippen LogP contribution in [0.25, 0.3) is 0 Å². The van der Waals surface area contributed by atoms with Gasteiger partial charge in [0.1, 0.15) is 5.82 Å². The van der Waals surface area contributed by atoms with Crippen LogP contribution >= 0.6 is 0 Å². The molecular formula is C19H20FNO4S. The molecule has 0 aromatic heterocycles. The summed E-state index contributed by atoms with van der Waals surface area (Å²) in [6.45, 7) is 3.53. The van der Waals surface area contributed by atoms with Gasteiger partial charge >= 0.3 is 0 Å². The molecule has 0 amide bonds. The summed E-state index contributed by atoms with van der Waals surface area (Å²) in [6, 6.07) is 11.9. The topological polar surface area (TPSA) is 63.7 Å². The number of benzene rings is 2. The monoisotopic (exact) mass is 377 g/mol. The predicted molar refractivity (Wildman–Crippen MR) is 94.9 cm³/mol. The number of halogens is 1. The second-order valence-corrected chi connectivity index (χ2v) is 8.33. The Morgan fingerprint density at radius 1 is 1.15 bits per heavy atom. The number of nitrogens with zero attached hydrogens (tertiary/aromatic N) is 1. The molecule has 0 saturated carbocycles. The van der Waals surface area contributed by atoms with E-state index in [2.05, 4.69) is 0 Å². The number of morpholine rings is 1. The zero-order valence-electron chi connectivity index (χ0n) is 14.6. The number of Topliss-reactive ketones (excluding diaryl/α,β-unsaturated/α-hetero) is 1. The van der Waals surface area contributed by atoms with Gasteiger partial charge in [-0.15, -0.1) is 0 Å². The summed E-state index contributed by atoms with van der Waals surface area (Å²) in [5.74, 6) is -0.551. The van der Waals surface area contributed by atoms with Crippen LogP contribution in [0.2, 0.25) is 0 Å². The molecule has 2 unspecified atom stereocenters. The normalized spacial score (nSPS) is 21.5. The predicted octanol–water partition coefficient (Wildman–Crippen LogP) is 3.18. The fourth-order valence-corrected chi connectivity index (χ4v) is 4.56. The van der Waals surface area contributed by atoms with E-state index >= 15 is 0 Å². The van der Waals surface area contributed by atoms with Gasteiger partial charge in [0.15, 0.2) is 5.78 Å². The summed E-state index contributed by atoms with van der Waals surface area (Å²) in [7, 11) is -3.77. The third-order valence-corrected chi connectivity index (χ3v) is 6.17. The minimum atomic E-state index is -3.77. The van der Waals surface area contributed by atoms with Crippen molar-refractivity contribution >= 4 is 15.8 Å². The standard InChI is InChI=1S/C19H20FNO4S/c1-13-11-21(12-19(25-13)15-6-8-17(20)9-7-15)26(23,24)18-5-3-4-16(10-18)14(2)22/h3-10,13,19H,11-12H2,1-2H3. The fraction of sp³-hybridized carbons (Fsp3) is 0.316. The van der Waals surface area contributed by atoms with Crippen LogP contribution in [-0.2, 0) is 14.8 Å². The number of carbonyl (C=O) groups excluding carboxylic acids is 1. The minimum Gasteiger partial charge on any atom is -0.368 e. The molecule has 0 N–H and O–H groups in total. The van der Waals surface area contributed by atoms with Gasteiger partial charge in [0, 0.05) is 18.7 Å². The Morgan fingerprint density at radius 3 is 2.50 bits per heavy atom. The lowest BCUT2D eigenvalue weighted by Crippen LogP contribution is -2.45. The lowest BCUT2D eigenvalue weighted by molar-refractivity contribution is -0.0557. The van der Waals surface area contributed by atoms with Crippen LogP contribution in [0.3, 0.4) is 0 Å². The van der Waals surface area contributed by atoms with E-state index in [1.54, 1.807) is 31.2 Å². The molecule has 1 fully saturated rings. The smallest absolute Gasteiger partial charge is 0.243 e. The van der Waals surface area contributed by atoms with Crippen LogP contribution in [0.1, 0.15) is 35.9 Å². The average Bonchev–Trinajstić information content (AvgIpc) is 2.62. The first-order chi connectivity index (χ1) is 12.3. The van der Waals surface area contributed by atoms with E-state index in [0.29, 0.717) is 5.56 Å². The molecule has 3 rings (SSSR count). The van der Waals surface area contributed by atoms with E-state index in [9.17, 15) is 17.6 Å². The third kappa shape index (κ3) is 3.85. The second-order valence-electron chi connectivity index (χ2n) is 6.39. The Hall–Kier alpha value is -2.09. The average molecular weight is 377 g/mol. The molecule has 26 heavy (non-hydrogen) atoms. The van der Waals surface area contributed by atoms with E-state index in [1.165, 1.54) is 35.5 Å². The van der Waals surface area contributed by atoms with Gasteiger partial charge in [0.05, 0.1) is 17.1 Å². The molecule has 0 aliphatic carbocycles. The Kier molecular flexibility index (Phi) is 5.22. The first-order valence-electron chi connectivity index (χ1n) is 8.29. The highest BCUT2D eigenvalue weighted by molar-refractivity contribution is 7.89. The Bertz CT molecular complexity index is 911. The minimum absolute atomic E-state index is 0.0807. The van der Waals surface area contributed by atoms with Crippen molar-refractivity contribution in [1.29, 1.82) is 0 Å². The van der Waals surface area contributed by atoms with E-state index in [4.69, 9.17) is 4.74 Å². The molecule has 5 nitrogen and oxygen atoms in total. The SMILES string of the molecule is CC(=O)c1cccc(S(=O)(=O)N2CC(C)OC(c3ccc(F)cc3)C2)c1. The van der Waals surface area contributed by atoms with Crippen LogP contribution in [0, 0.1) is 5.82 Å². The van der Waals surface area contributed by atoms with Crippen molar-refractivity contribution in [3.8, 4) is 0 Å². The van der Waals surface area contributed by atoms with Crippen molar-refractivity contribution in [1.82, 2.24) is 4.31 Å². The van der Waals surface area contributed by atoms with Gasteiger partial charge in [-0.2, -0.15) is 4.31 Å². The van der Waals surface area contributed by atoms with Crippen LogP contribution < -0.4 is 0 Å². The molecule has 2 aromatic rings. The highest BCUT2D eigenvalue weighted by Crippen LogP contribution is 2.29. The van der Waals surface area contributed by atoms with E-state index in [-0.39, 0.29) is 35.7 Å². The Labute approximate surface area is 152 Å². The molecule has 1 aliphatic rings. The number of hydrogen-bond acceptors (Lipinski definition) is 4. The largest absolute Gasteiger partial charge is 0.368 e. The number of ketones is 1. The van der Waals surface area contributed by atoms with Gasteiger partial charge in [-0.1, -0.05) is 24.3 Å². The summed E-state index contributed by atoms with van der Waals surface area (Å²) >= 11 is 0. The van der Waals surface area contributed by atoms with Crippen molar-refractivity contribution in [2.75, 3.05) is 13.1 Å². The number of hydrogen-bond donors (Lipinski definition) is 0. The van der Waals surface area contributed by atoms with Gasteiger partial charge in [-0.25, -0.2) is 12.8 Å². The summed E-state index contributed by atoms with van der Waals surface area (Å²) in [5, 5.41) is 0. The molecule has 0 radical (unpaired) electrons. The van der Waals surface area contributed by atoms with Gasteiger partial charge < -0.3 is 4.74 Å². The molecule has 2 atom stereocenters. The molecule has 1 heterocycles. The van der Waals surface area contributed by atoms with Crippen LogP contribution in [0.15, 0.2) is 53.4 Å². The number of carbonyl (C=O) groups is 1. The van der Waals surface area contributed by atoms with Gasteiger partial charge in [0.2, 0.25) is 10.0 Å². The van der Waals surface area contributed by atoms with Crippen molar-refractivity contribution in [3.05, 3.63) is 65.5 Å². The molecule has 1 aliphatic heterocycles. The summed E-state index contributed by atoms with van der Waals surface area (Å²) in [4.78, 5) is 11.6. The highest BCUT2D eigenvalue weighted by Gasteiger charge is 2.34. The highest BCUT2D eigenvalue weighted by atomic mass is 32.2. The first kappa shape index (κ1) is 18.7. The summed E-state index contributed by atoms with van der Waals surface area (Å²) in [5.41, 5.74) is 1.07. The molecule has 138 valence electrons. The van der Waals surface area contributed by atoms with Gasteiger partial charge in [-0.3, -0.25) is 4.79 Å². The first-order valence-corrected chi connectivity index (χ1v) is 9.73. The zero-order chi connectivity index (χ0) is 18.9. The van der Waals surface area contributed by atoms with Gasteiger partial charge in [-0.05, 0) is 43.7 Å². The molecule has 0 bridgehead atoms. The molecule has 0 spiro atoms. The lowest BCUT2D eigenvalue weighted by Gasteiger charge is -2.36. The zero-order valence-corrected chi connectivity index (χ0v) is 15.4. The third-order valence-electron chi connectivity index (χ3n) is 4.35. The summed E-state index contributed by atoms with van der Waals surface area (Å²) < 4.78 is 46.4. The van der Waals surface area contributed by atoms with E-state index < -0.39 is 16.1 Å². The number of sulfonamides is 1. The van der Waals surface area contributed by atoms with Gasteiger partial charge in [0.25, 0.3) is 0 Å². The van der Waals surface area contributed by atoms with Crippen LogP contribution in [0.4, 0.5) is 4.39 Å². The Balaban J connectivity index is 1.90. The maximum absolute atomic E-state index is 13.1. The maximum atomic E-state index is 13.1. The van der Waals surface area contributed by atoms with Crippen LogP contribution in [-0.4, -0.2) is 37.7 Å². The van der Waals surface area contributed by atoms with Crippen molar-refractivity contribution in [2.24, 2.45) is 0 Å². The molecular weight excluding hydrogens is 357 g/mol. The van der Waals surface area contributed by atoms with Crippen LogP contribution in [0.5, 0.6) is 0 Å². The molecule has 7 heteroatoms. The number of ether oxygens (including phenoxy) is 1. The molecule has 1 saturated heterocycles. The lowest BCUT2D eigenvalue weighted by atomic mass is 10.1. The quantitative estimate of drug-likeness (QED) is 0.768.